The fraction of sp³-hybridized carbons (Fsp3) is 0.267. The molecule has 2 heterocycles. The highest BCUT2D eigenvalue weighted by Gasteiger charge is 2.22. The van der Waals surface area contributed by atoms with Crippen LogP contribution in [0.3, 0.4) is 0 Å². The number of imidazole rings is 1. The van der Waals surface area contributed by atoms with Gasteiger partial charge >= 0.3 is 0 Å². The van der Waals surface area contributed by atoms with Crippen LogP contribution in [-0.4, -0.2) is 9.55 Å². The van der Waals surface area contributed by atoms with E-state index >= 15 is 0 Å². The molecule has 2 atom stereocenters. The molecule has 1 aromatic carbocycles. The predicted octanol–water partition coefficient (Wildman–Crippen LogP) is 5.66. The number of aromatic nitrogens is 2. The molecule has 5 heteroatoms. The Hall–Kier alpha value is -1.03. The monoisotopic (exact) mass is 324 g/mol. The maximum Gasteiger partial charge on any atom is 0.128 e. The first-order chi connectivity index (χ1) is 9.59. The fourth-order valence-electron chi connectivity index (χ4n) is 2.45. The van der Waals surface area contributed by atoms with E-state index in [4.69, 9.17) is 23.2 Å². The second-order valence-corrected chi connectivity index (χ2v) is 6.80. The molecule has 0 spiro atoms. The second-order valence-electron chi connectivity index (χ2n) is 4.75. The average molecular weight is 325 g/mol. The van der Waals surface area contributed by atoms with E-state index in [0.29, 0.717) is 5.02 Å². The SMILES string of the molecule is CC(Cl)c1nc2cccc(Cl)c2n1C(C)c1cccs1. The average Bonchev–Trinajstić information content (AvgIpc) is 3.06. The van der Waals surface area contributed by atoms with E-state index in [-0.39, 0.29) is 11.4 Å². The highest BCUT2D eigenvalue weighted by atomic mass is 35.5. The van der Waals surface area contributed by atoms with Crippen LogP contribution in [0.5, 0.6) is 0 Å². The minimum Gasteiger partial charge on any atom is -0.317 e. The molecule has 0 saturated heterocycles. The normalized spacial score (nSPS) is 14.6. The van der Waals surface area contributed by atoms with Gasteiger partial charge in [0, 0.05) is 4.88 Å². The first-order valence-electron chi connectivity index (χ1n) is 6.43. The van der Waals surface area contributed by atoms with Gasteiger partial charge in [0.1, 0.15) is 5.82 Å². The summed E-state index contributed by atoms with van der Waals surface area (Å²) in [6.07, 6.45) is 0. The number of fused-ring (bicyclic) bond motifs is 1. The van der Waals surface area contributed by atoms with Gasteiger partial charge in [-0.25, -0.2) is 4.98 Å². The maximum absolute atomic E-state index is 6.39. The van der Waals surface area contributed by atoms with E-state index in [2.05, 4.69) is 34.0 Å². The molecule has 0 amide bonds. The maximum atomic E-state index is 6.39. The van der Waals surface area contributed by atoms with Crippen LogP contribution in [0, 0.1) is 0 Å². The van der Waals surface area contributed by atoms with E-state index in [0.717, 1.165) is 16.9 Å². The summed E-state index contributed by atoms with van der Waals surface area (Å²) in [4.78, 5) is 5.92. The van der Waals surface area contributed by atoms with Gasteiger partial charge < -0.3 is 4.57 Å². The number of rotatable bonds is 3. The van der Waals surface area contributed by atoms with Gasteiger partial charge in [-0.05, 0) is 37.4 Å². The van der Waals surface area contributed by atoms with Crippen molar-refractivity contribution in [3.63, 3.8) is 0 Å². The molecular formula is C15H14Cl2N2S. The van der Waals surface area contributed by atoms with E-state index in [9.17, 15) is 0 Å². The summed E-state index contributed by atoms with van der Waals surface area (Å²) in [7, 11) is 0. The van der Waals surface area contributed by atoms with Gasteiger partial charge in [-0.3, -0.25) is 0 Å². The summed E-state index contributed by atoms with van der Waals surface area (Å²) in [6, 6.07) is 10.1. The predicted molar refractivity (Wildman–Crippen MR) is 87.1 cm³/mol. The third-order valence-electron chi connectivity index (χ3n) is 3.39. The zero-order valence-corrected chi connectivity index (χ0v) is 13.5. The Morgan fingerprint density at radius 2 is 2.00 bits per heavy atom. The van der Waals surface area contributed by atoms with Crippen LogP contribution in [0.1, 0.15) is 36.0 Å². The third kappa shape index (κ3) is 2.24. The number of hydrogen-bond acceptors (Lipinski definition) is 2. The standard InChI is InChI=1S/C15H14Cl2N2S/c1-9(16)15-18-12-6-3-5-11(17)14(12)19(15)10(2)13-7-4-8-20-13/h3-10H,1-2H3. The molecule has 20 heavy (non-hydrogen) atoms. The Kier molecular flexibility index (Phi) is 3.76. The highest BCUT2D eigenvalue weighted by Crippen LogP contribution is 2.35. The van der Waals surface area contributed by atoms with Crippen LogP contribution in [0.25, 0.3) is 11.0 Å². The summed E-state index contributed by atoms with van der Waals surface area (Å²) >= 11 is 14.4. The lowest BCUT2D eigenvalue weighted by atomic mass is 10.2. The number of thiophene rings is 1. The second kappa shape index (κ2) is 5.40. The van der Waals surface area contributed by atoms with Crippen LogP contribution in [0.2, 0.25) is 5.02 Å². The van der Waals surface area contributed by atoms with Crippen LogP contribution in [-0.2, 0) is 0 Å². The first-order valence-corrected chi connectivity index (χ1v) is 8.13. The van der Waals surface area contributed by atoms with Crippen LogP contribution in [0.4, 0.5) is 0 Å². The number of hydrogen-bond donors (Lipinski definition) is 0. The molecule has 2 aromatic heterocycles. The molecular weight excluding hydrogens is 311 g/mol. The van der Waals surface area contributed by atoms with E-state index < -0.39 is 0 Å². The summed E-state index contributed by atoms with van der Waals surface area (Å²) in [5.74, 6) is 0.857. The summed E-state index contributed by atoms with van der Waals surface area (Å²) in [6.45, 7) is 4.09. The van der Waals surface area contributed by atoms with Crippen LogP contribution in [0.15, 0.2) is 35.7 Å². The van der Waals surface area contributed by atoms with Crippen LogP contribution < -0.4 is 0 Å². The quantitative estimate of drug-likeness (QED) is 0.568. The summed E-state index contributed by atoms with van der Waals surface area (Å²) < 4.78 is 2.15. The Morgan fingerprint density at radius 3 is 2.65 bits per heavy atom. The molecule has 0 aliphatic carbocycles. The minimum absolute atomic E-state index is 0.163. The molecule has 3 aromatic rings. The Balaban J connectivity index is 2.29. The third-order valence-corrected chi connectivity index (χ3v) is 4.93. The van der Waals surface area contributed by atoms with Crippen molar-refractivity contribution in [3.8, 4) is 0 Å². The Bertz CT molecular complexity index is 732. The molecule has 2 unspecified atom stereocenters. The number of halogens is 2. The molecule has 0 aliphatic rings. The zero-order chi connectivity index (χ0) is 14.3. The molecule has 0 N–H and O–H groups in total. The molecule has 0 radical (unpaired) electrons. The van der Waals surface area contributed by atoms with Gasteiger partial charge in [-0.1, -0.05) is 23.7 Å². The Morgan fingerprint density at radius 1 is 1.20 bits per heavy atom. The smallest absolute Gasteiger partial charge is 0.128 e. The van der Waals surface area contributed by atoms with Crippen molar-refractivity contribution in [2.75, 3.05) is 0 Å². The Labute approximate surface area is 132 Å². The van der Waals surface area contributed by atoms with Gasteiger partial charge in [0.2, 0.25) is 0 Å². The number of nitrogens with zero attached hydrogens (tertiary/aromatic N) is 2. The van der Waals surface area contributed by atoms with Crippen molar-refractivity contribution in [1.29, 1.82) is 0 Å². The molecule has 0 saturated carbocycles. The lowest BCUT2D eigenvalue weighted by Crippen LogP contribution is -2.10. The number of benzene rings is 1. The molecule has 104 valence electrons. The fourth-order valence-corrected chi connectivity index (χ4v) is 3.64. The molecule has 0 fully saturated rings. The van der Waals surface area contributed by atoms with Crippen molar-refractivity contribution in [1.82, 2.24) is 9.55 Å². The molecule has 0 bridgehead atoms. The van der Waals surface area contributed by atoms with E-state index in [1.54, 1.807) is 11.3 Å². The van der Waals surface area contributed by atoms with Gasteiger partial charge in [0.25, 0.3) is 0 Å². The molecule has 2 nitrogen and oxygen atoms in total. The summed E-state index contributed by atoms with van der Waals surface area (Å²) in [5, 5.41) is 2.62. The lowest BCUT2D eigenvalue weighted by Gasteiger charge is -2.18. The largest absolute Gasteiger partial charge is 0.317 e. The van der Waals surface area contributed by atoms with Gasteiger partial charge in [0.05, 0.1) is 27.5 Å². The van der Waals surface area contributed by atoms with Gasteiger partial charge in [-0.2, -0.15) is 0 Å². The van der Waals surface area contributed by atoms with Gasteiger partial charge in [0.15, 0.2) is 0 Å². The van der Waals surface area contributed by atoms with Crippen LogP contribution >= 0.6 is 34.5 Å². The number of alkyl halides is 1. The van der Waals surface area contributed by atoms with Crippen molar-refractivity contribution in [3.05, 3.63) is 51.4 Å². The minimum atomic E-state index is -0.166. The lowest BCUT2D eigenvalue weighted by molar-refractivity contribution is 0.628. The molecule has 3 rings (SSSR count). The van der Waals surface area contributed by atoms with Crippen molar-refractivity contribution >= 4 is 45.6 Å². The topological polar surface area (TPSA) is 17.8 Å². The van der Waals surface area contributed by atoms with Crippen molar-refractivity contribution in [2.24, 2.45) is 0 Å². The summed E-state index contributed by atoms with van der Waals surface area (Å²) in [5.41, 5.74) is 1.85. The van der Waals surface area contributed by atoms with Gasteiger partial charge in [-0.15, -0.1) is 22.9 Å². The van der Waals surface area contributed by atoms with E-state index in [1.165, 1.54) is 4.88 Å². The first kappa shape index (κ1) is 13.9. The number of para-hydroxylation sites is 1. The van der Waals surface area contributed by atoms with Crippen molar-refractivity contribution < 1.29 is 0 Å². The van der Waals surface area contributed by atoms with E-state index in [1.807, 2.05) is 25.1 Å². The zero-order valence-electron chi connectivity index (χ0n) is 11.2. The molecule has 0 aliphatic heterocycles. The highest BCUT2D eigenvalue weighted by molar-refractivity contribution is 7.10. The van der Waals surface area contributed by atoms with Crippen molar-refractivity contribution in [2.45, 2.75) is 25.3 Å².